The Morgan fingerprint density at radius 3 is 2.46 bits per heavy atom. The molecule has 0 bridgehead atoms. The second-order valence-electron chi connectivity index (χ2n) is 4.85. The molecule has 3 N–H and O–H groups in total. The molecule has 0 radical (unpaired) electrons. The van der Waals surface area contributed by atoms with Crippen LogP contribution in [0.3, 0.4) is 0 Å². The van der Waals surface area contributed by atoms with Crippen molar-refractivity contribution in [3.63, 3.8) is 0 Å². The molecule has 3 aromatic rings. The number of nitro benzene ring substituents is 1. The van der Waals surface area contributed by atoms with Crippen molar-refractivity contribution in [3.05, 3.63) is 58.9 Å². The van der Waals surface area contributed by atoms with Gasteiger partial charge in [-0.15, -0.1) is 0 Å². The summed E-state index contributed by atoms with van der Waals surface area (Å²) in [7, 11) is 0. The number of hydrogen-bond acceptors (Lipinski definition) is 5. The van der Waals surface area contributed by atoms with E-state index >= 15 is 0 Å². The van der Waals surface area contributed by atoms with Crippen LogP contribution in [0.25, 0.3) is 11.0 Å². The van der Waals surface area contributed by atoms with Crippen molar-refractivity contribution in [1.29, 1.82) is 0 Å². The lowest BCUT2D eigenvalue weighted by molar-refractivity contribution is -0.384. The second-order valence-corrected chi connectivity index (χ2v) is 4.85. The molecule has 0 aliphatic carbocycles. The van der Waals surface area contributed by atoms with Crippen molar-refractivity contribution in [2.24, 2.45) is 0 Å². The average Bonchev–Trinajstić information content (AvgIpc) is 3.02. The lowest BCUT2D eigenvalue weighted by Crippen LogP contribution is -2.29. The van der Waals surface area contributed by atoms with Crippen LogP contribution < -0.4 is 10.6 Å². The average molecular weight is 325 g/mol. The molecule has 1 heterocycles. The van der Waals surface area contributed by atoms with Crippen LogP contribution in [0.2, 0.25) is 0 Å². The first kappa shape index (κ1) is 15.2. The molecule has 0 aliphatic heterocycles. The Hall–Kier alpha value is -3.75. The molecule has 0 saturated heterocycles. The summed E-state index contributed by atoms with van der Waals surface area (Å²) in [6.07, 6.45) is 1.52. The minimum Gasteiger partial charge on any atom is -0.345 e. The topological polar surface area (TPSA) is 130 Å². The normalized spacial score (nSPS) is 10.3. The van der Waals surface area contributed by atoms with Gasteiger partial charge in [-0.1, -0.05) is 6.07 Å². The van der Waals surface area contributed by atoms with E-state index in [0.717, 1.165) is 5.52 Å². The summed E-state index contributed by atoms with van der Waals surface area (Å²) >= 11 is 0. The largest absolute Gasteiger partial charge is 0.345 e. The van der Waals surface area contributed by atoms with Gasteiger partial charge in [0, 0.05) is 23.5 Å². The molecule has 0 unspecified atom stereocenters. The number of nitro groups is 1. The van der Waals surface area contributed by atoms with Gasteiger partial charge in [-0.3, -0.25) is 19.7 Å². The summed E-state index contributed by atoms with van der Waals surface area (Å²) in [6.45, 7) is 0. The van der Waals surface area contributed by atoms with Gasteiger partial charge in [0.05, 0.1) is 22.3 Å². The first-order chi connectivity index (χ1) is 11.5. The van der Waals surface area contributed by atoms with Crippen LogP contribution in [0, 0.1) is 10.1 Å². The Labute approximate surface area is 134 Å². The van der Waals surface area contributed by atoms with E-state index in [1.54, 1.807) is 18.2 Å². The number of fused-ring (bicyclic) bond motifs is 1. The number of aromatic nitrogens is 2. The number of imidazole rings is 1. The standard InChI is InChI=1S/C15H11N5O4/c21-14(18-9-2-1-3-11(6-9)20(23)24)15(22)19-10-4-5-12-13(7-10)17-8-16-12/h1-8H,(H,16,17)(H,18,21)(H,19,22). The number of nitrogens with zero attached hydrogens (tertiary/aromatic N) is 2. The summed E-state index contributed by atoms with van der Waals surface area (Å²) in [5.74, 6) is -1.82. The number of non-ortho nitro benzene ring substituents is 1. The number of carbonyl (C=O) groups excluding carboxylic acids is 2. The number of H-pyrrole nitrogens is 1. The van der Waals surface area contributed by atoms with Crippen LogP contribution in [-0.2, 0) is 9.59 Å². The summed E-state index contributed by atoms with van der Waals surface area (Å²) in [5.41, 5.74) is 1.85. The van der Waals surface area contributed by atoms with Gasteiger partial charge in [0.2, 0.25) is 0 Å². The third-order valence-corrected chi connectivity index (χ3v) is 3.20. The molecule has 120 valence electrons. The Bertz CT molecular complexity index is 950. The molecule has 2 aromatic carbocycles. The first-order valence-electron chi connectivity index (χ1n) is 6.83. The number of carbonyl (C=O) groups is 2. The van der Waals surface area contributed by atoms with Crippen molar-refractivity contribution >= 4 is 39.9 Å². The molecule has 3 rings (SSSR count). The molecule has 0 fully saturated rings. The third-order valence-electron chi connectivity index (χ3n) is 3.20. The summed E-state index contributed by atoms with van der Waals surface area (Å²) in [6, 6.07) is 10.3. The van der Waals surface area contributed by atoms with Crippen molar-refractivity contribution in [3.8, 4) is 0 Å². The molecule has 2 amide bonds. The highest BCUT2D eigenvalue weighted by Crippen LogP contribution is 2.18. The molecular formula is C15H11N5O4. The minimum absolute atomic E-state index is 0.161. The zero-order chi connectivity index (χ0) is 17.1. The maximum absolute atomic E-state index is 11.9. The fraction of sp³-hybridized carbons (Fsp3) is 0. The van der Waals surface area contributed by atoms with Crippen molar-refractivity contribution in [1.82, 2.24) is 9.97 Å². The van der Waals surface area contributed by atoms with Gasteiger partial charge in [0.1, 0.15) is 0 Å². The summed E-state index contributed by atoms with van der Waals surface area (Å²) in [4.78, 5) is 40.9. The van der Waals surface area contributed by atoms with E-state index in [1.807, 2.05) is 0 Å². The van der Waals surface area contributed by atoms with Gasteiger partial charge >= 0.3 is 11.8 Å². The van der Waals surface area contributed by atoms with Gasteiger partial charge in [0.15, 0.2) is 0 Å². The minimum atomic E-state index is -0.930. The van der Waals surface area contributed by atoms with E-state index in [-0.39, 0.29) is 11.4 Å². The predicted octanol–water partition coefficient (Wildman–Crippen LogP) is 2.05. The van der Waals surface area contributed by atoms with E-state index in [4.69, 9.17) is 0 Å². The van der Waals surface area contributed by atoms with E-state index in [0.29, 0.717) is 11.2 Å². The predicted molar refractivity (Wildman–Crippen MR) is 86.4 cm³/mol. The van der Waals surface area contributed by atoms with Crippen molar-refractivity contribution in [2.75, 3.05) is 10.6 Å². The van der Waals surface area contributed by atoms with Crippen LogP contribution in [0.1, 0.15) is 0 Å². The van der Waals surface area contributed by atoms with Gasteiger partial charge in [-0.25, -0.2) is 4.98 Å². The fourth-order valence-electron chi connectivity index (χ4n) is 2.09. The molecule has 0 saturated carbocycles. The van der Waals surface area contributed by atoms with Gasteiger partial charge in [-0.2, -0.15) is 0 Å². The molecule has 24 heavy (non-hydrogen) atoms. The molecule has 9 heteroatoms. The third kappa shape index (κ3) is 3.19. The van der Waals surface area contributed by atoms with Gasteiger partial charge < -0.3 is 15.6 Å². The maximum atomic E-state index is 11.9. The Morgan fingerprint density at radius 1 is 1.04 bits per heavy atom. The number of amides is 2. The monoisotopic (exact) mass is 325 g/mol. The second kappa shape index (κ2) is 6.16. The number of aromatic amines is 1. The van der Waals surface area contributed by atoms with Crippen molar-refractivity contribution in [2.45, 2.75) is 0 Å². The fourth-order valence-corrected chi connectivity index (χ4v) is 2.09. The van der Waals surface area contributed by atoms with Crippen molar-refractivity contribution < 1.29 is 14.5 Å². The highest BCUT2D eigenvalue weighted by Gasteiger charge is 2.15. The van der Waals surface area contributed by atoms with E-state index in [2.05, 4.69) is 20.6 Å². The lowest BCUT2D eigenvalue weighted by Gasteiger charge is -2.06. The number of benzene rings is 2. The molecule has 1 aromatic heterocycles. The first-order valence-corrected chi connectivity index (χ1v) is 6.83. The SMILES string of the molecule is O=C(Nc1cccc([N+](=O)[O-])c1)C(=O)Nc1ccc2nc[nH]c2c1. The smallest absolute Gasteiger partial charge is 0.314 e. The molecule has 0 aliphatic rings. The van der Waals surface area contributed by atoms with Gasteiger partial charge in [0.25, 0.3) is 5.69 Å². The summed E-state index contributed by atoms with van der Waals surface area (Å²) < 4.78 is 0. The highest BCUT2D eigenvalue weighted by molar-refractivity contribution is 6.43. The number of nitrogens with one attached hydrogen (secondary N) is 3. The Kier molecular flexibility index (Phi) is 3.89. The van der Waals surface area contributed by atoms with E-state index in [9.17, 15) is 19.7 Å². The highest BCUT2D eigenvalue weighted by atomic mass is 16.6. The summed E-state index contributed by atoms with van der Waals surface area (Å²) in [5, 5.41) is 15.5. The van der Waals surface area contributed by atoms with Crippen LogP contribution in [0.5, 0.6) is 0 Å². The number of hydrogen-bond donors (Lipinski definition) is 3. The maximum Gasteiger partial charge on any atom is 0.314 e. The number of anilines is 2. The Balaban J connectivity index is 1.69. The Morgan fingerprint density at radius 2 is 1.75 bits per heavy atom. The lowest BCUT2D eigenvalue weighted by atomic mass is 10.2. The van der Waals surface area contributed by atoms with E-state index < -0.39 is 16.7 Å². The molecule has 0 atom stereocenters. The van der Waals surface area contributed by atoms with E-state index in [1.165, 1.54) is 30.6 Å². The van der Waals surface area contributed by atoms with Gasteiger partial charge in [-0.05, 0) is 24.3 Å². The number of rotatable bonds is 3. The zero-order valence-electron chi connectivity index (χ0n) is 12.1. The molecule has 0 spiro atoms. The van der Waals surface area contributed by atoms with Crippen LogP contribution in [0.15, 0.2) is 48.8 Å². The quantitative estimate of drug-likeness (QED) is 0.385. The molecule has 9 nitrogen and oxygen atoms in total. The molecular weight excluding hydrogens is 314 g/mol. The van der Waals surface area contributed by atoms with Crippen LogP contribution in [0.4, 0.5) is 17.1 Å². The zero-order valence-corrected chi connectivity index (χ0v) is 12.1. The van der Waals surface area contributed by atoms with Crippen LogP contribution >= 0.6 is 0 Å². The van der Waals surface area contributed by atoms with Crippen LogP contribution in [-0.4, -0.2) is 26.7 Å².